The average molecular weight is 376 g/mol. The highest BCUT2D eigenvalue weighted by Crippen LogP contribution is 2.39. The van der Waals surface area contributed by atoms with Crippen LogP contribution in [0.1, 0.15) is 12.8 Å². The van der Waals surface area contributed by atoms with Crippen LogP contribution < -0.4 is 5.32 Å². The van der Waals surface area contributed by atoms with Gasteiger partial charge in [-0.25, -0.2) is 0 Å². The number of carboxylic acid groups (broad SMARTS) is 1. The van der Waals surface area contributed by atoms with Gasteiger partial charge in [0.1, 0.15) is 12.0 Å². The van der Waals surface area contributed by atoms with Gasteiger partial charge in [-0.05, 0) is 12.8 Å². The molecule has 2 unspecified atom stereocenters. The second-order valence-electron chi connectivity index (χ2n) is 6.07. The molecule has 6 nitrogen and oxygen atoms in total. The lowest BCUT2D eigenvalue weighted by Crippen LogP contribution is -2.54. The summed E-state index contributed by atoms with van der Waals surface area (Å²) >= 11 is 0. The summed E-state index contributed by atoms with van der Waals surface area (Å²) in [4.78, 5) is 35.5. The molecular formula is C13H14F6N2O4. The van der Waals surface area contributed by atoms with E-state index >= 15 is 0 Å². The van der Waals surface area contributed by atoms with Crippen molar-refractivity contribution in [3.63, 3.8) is 0 Å². The number of carbonyl (C=O) groups is 3. The van der Waals surface area contributed by atoms with Crippen LogP contribution in [-0.4, -0.2) is 59.3 Å². The summed E-state index contributed by atoms with van der Waals surface area (Å²) in [7, 11) is 0. The van der Waals surface area contributed by atoms with Crippen LogP contribution in [0.25, 0.3) is 0 Å². The van der Waals surface area contributed by atoms with E-state index in [1.54, 1.807) is 5.32 Å². The number of hydrogen-bond acceptors (Lipinski definition) is 3. The second-order valence-corrected chi connectivity index (χ2v) is 6.07. The summed E-state index contributed by atoms with van der Waals surface area (Å²) in [6, 6.07) is -2.11. The zero-order chi connectivity index (χ0) is 19.2. The maximum atomic E-state index is 12.9. The predicted octanol–water partition coefficient (Wildman–Crippen LogP) is 1.16. The average Bonchev–Trinajstić information content (AvgIpc) is 2.91. The molecule has 0 radical (unpaired) electrons. The molecule has 2 rings (SSSR count). The highest BCUT2D eigenvalue weighted by Gasteiger charge is 2.55. The van der Waals surface area contributed by atoms with Crippen LogP contribution in [-0.2, 0) is 14.4 Å². The van der Waals surface area contributed by atoms with Gasteiger partial charge in [-0.2, -0.15) is 26.3 Å². The number of carbonyl (C=O) groups excluding carboxylic acids is 2. The van der Waals surface area contributed by atoms with Gasteiger partial charge in [0.2, 0.25) is 11.8 Å². The van der Waals surface area contributed by atoms with Crippen molar-refractivity contribution in [3.05, 3.63) is 0 Å². The van der Waals surface area contributed by atoms with Crippen LogP contribution in [0, 0.1) is 17.8 Å². The SMILES string of the molecule is O=C1NC(C(F)(F)F)CCC1C(=O)N1C[C@@H](C(F)(F)F)[C@H](C(=O)O)C1. The number of nitrogens with zero attached hydrogens (tertiary/aromatic N) is 1. The second kappa shape index (κ2) is 6.37. The number of piperidine rings is 1. The van der Waals surface area contributed by atoms with Crippen molar-refractivity contribution >= 4 is 17.8 Å². The number of hydrogen-bond donors (Lipinski definition) is 2. The number of amides is 2. The van der Waals surface area contributed by atoms with Gasteiger partial charge in [0.05, 0.1) is 11.8 Å². The highest BCUT2D eigenvalue weighted by atomic mass is 19.4. The standard InChI is InChI=1S/C13H14F6N2O4/c14-12(15,16)7-4-21(3-6(7)11(24)25)10(23)5-1-2-8(13(17,18)19)20-9(5)22/h5-8H,1-4H2,(H,20,22)(H,24,25)/t5?,6-,7-,8?/m1/s1. The number of alkyl halides is 6. The zero-order valence-electron chi connectivity index (χ0n) is 12.5. The van der Waals surface area contributed by atoms with Crippen molar-refractivity contribution in [1.29, 1.82) is 0 Å². The third-order valence-electron chi connectivity index (χ3n) is 4.44. The van der Waals surface area contributed by atoms with E-state index in [4.69, 9.17) is 5.11 Å². The van der Waals surface area contributed by atoms with Crippen LogP contribution in [0.15, 0.2) is 0 Å². The zero-order valence-corrected chi connectivity index (χ0v) is 12.5. The Hall–Kier alpha value is -2.01. The van der Waals surface area contributed by atoms with Crippen LogP contribution >= 0.6 is 0 Å². The number of carboxylic acids is 1. The quantitative estimate of drug-likeness (QED) is 0.560. The van der Waals surface area contributed by atoms with E-state index < -0.39 is 79.9 Å². The molecule has 4 atom stereocenters. The Kier molecular flexibility index (Phi) is 4.92. The van der Waals surface area contributed by atoms with Crippen LogP contribution in [0.2, 0.25) is 0 Å². The van der Waals surface area contributed by atoms with Crippen molar-refractivity contribution < 1.29 is 45.8 Å². The van der Waals surface area contributed by atoms with E-state index in [1.807, 2.05) is 0 Å². The number of likely N-dealkylation sites (tertiary alicyclic amines) is 1. The van der Waals surface area contributed by atoms with Crippen LogP contribution in [0.3, 0.4) is 0 Å². The Morgan fingerprint density at radius 1 is 1.04 bits per heavy atom. The van der Waals surface area contributed by atoms with E-state index in [0.29, 0.717) is 4.90 Å². The molecule has 0 aromatic carbocycles. The number of aliphatic carboxylic acids is 1. The Balaban J connectivity index is 2.09. The number of rotatable bonds is 2. The van der Waals surface area contributed by atoms with Crippen molar-refractivity contribution in [2.24, 2.45) is 17.8 Å². The van der Waals surface area contributed by atoms with E-state index in [-0.39, 0.29) is 0 Å². The van der Waals surface area contributed by atoms with E-state index in [1.165, 1.54) is 0 Å². The molecule has 2 amide bonds. The molecule has 0 aliphatic carbocycles. The minimum Gasteiger partial charge on any atom is -0.481 e. The first-order chi connectivity index (χ1) is 11.3. The van der Waals surface area contributed by atoms with Gasteiger partial charge in [0.25, 0.3) is 0 Å². The summed E-state index contributed by atoms with van der Waals surface area (Å²) in [5.41, 5.74) is 0. The van der Waals surface area contributed by atoms with Crippen LogP contribution in [0.5, 0.6) is 0 Å². The molecule has 2 fully saturated rings. The van der Waals surface area contributed by atoms with E-state index in [9.17, 15) is 40.7 Å². The van der Waals surface area contributed by atoms with E-state index in [0.717, 1.165) is 0 Å². The Morgan fingerprint density at radius 3 is 2.04 bits per heavy atom. The van der Waals surface area contributed by atoms with Gasteiger partial charge in [-0.3, -0.25) is 14.4 Å². The summed E-state index contributed by atoms with van der Waals surface area (Å²) in [5.74, 6) is -9.76. The summed E-state index contributed by atoms with van der Waals surface area (Å²) in [6.45, 7) is -1.68. The first kappa shape index (κ1) is 19.3. The molecule has 2 aliphatic heterocycles. The Morgan fingerprint density at radius 2 is 1.64 bits per heavy atom. The van der Waals surface area contributed by atoms with Crippen LogP contribution in [0.4, 0.5) is 26.3 Å². The lowest BCUT2D eigenvalue weighted by molar-refractivity contribution is -0.188. The van der Waals surface area contributed by atoms with Crippen molar-refractivity contribution in [1.82, 2.24) is 10.2 Å². The fourth-order valence-corrected chi connectivity index (χ4v) is 3.08. The molecule has 0 aromatic rings. The lowest BCUT2D eigenvalue weighted by Gasteiger charge is -2.31. The fourth-order valence-electron chi connectivity index (χ4n) is 3.08. The first-order valence-corrected chi connectivity index (χ1v) is 7.27. The van der Waals surface area contributed by atoms with Gasteiger partial charge in [0.15, 0.2) is 0 Å². The molecule has 2 N–H and O–H groups in total. The fraction of sp³-hybridized carbons (Fsp3) is 0.769. The van der Waals surface area contributed by atoms with Gasteiger partial charge >= 0.3 is 18.3 Å². The largest absolute Gasteiger partial charge is 0.481 e. The third-order valence-corrected chi connectivity index (χ3v) is 4.44. The summed E-state index contributed by atoms with van der Waals surface area (Å²) < 4.78 is 76.4. The Bertz CT molecular complexity index is 576. The molecule has 142 valence electrons. The number of nitrogens with one attached hydrogen (secondary N) is 1. The maximum absolute atomic E-state index is 12.9. The molecule has 0 saturated carbocycles. The smallest absolute Gasteiger partial charge is 0.408 e. The molecule has 2 saturated heterocycles. The monoisotopic (exact) mass is 376 g/mol. The first-order valence-electron chi connectivity index (χ1n) is 7.27. The molecular weight excluding hydrogens is 362 g/mol. The minimum absolute atomic E-state index is 0.472. The van der Waals surface area contributed by atoms with Gasteiger partial charge < -0.3 is 15.3 Å². The third kappa shape index (κ3) is 3.98. The lowest BCUT2D eigenvalue weighted by atomic mass is 9.92. The topological polar surface area (TPSA) is 86.7 Å². The summed E-state index contributed by atoms with van der Waals surface area (Å²) in [5, 5.41) is 10.5. The van der Waals surface area contributed by atoms with Gasteiger partial charge in [0, 0.05) is 13.1 Å². The number of halogens is 6. The molecule has 2 heterocycles. The maximum Gasteiger partial charge on any atom is 0.408 e. The predicted molar refractivity (Wildman–Crippen MR) is 68.0 cm³/mol. The van der Waals surface area contributed by atoms with Crippen molar-refractivity contribution in [2.45, 2.75) is 31.2 Å². The normalized spacial score (nSPS) is 31.0. The van der Waals surface area contributed by atoms with Crippen molar-refractivity contribution in [2.75, 3.05) is 13.1 Å². The van der Waals surface area contributed by atoms with Gasteiger partial charge in [-0.1, -0.05) is 0 Å². The van der Waals surface area contributed by atoms with Gasteiger partial charge in [-0.15, -0.1) is 0 Å². The van der Waals surface area contributed by atoms with Crippen molar-refractivity contribution in [3.8, 4) is 0 Å². The summed E-state index contributed by atoms with van der Waals surface area (Å²) in [6.07, 6.45) is -10.6. The molecule has 25 heavy (non-hydrogen) atoms. The highest BCUT2D eigenvalue weighted by molar-refractivity contribution is 6.01. The van der Waals surface area contributed by atoms with E-state index in [2.05, 4.69) is 0 Å². The Labute approximate surface area is 137 Å². The molecule has 2 aliphatic rings. The molecule has 0 bridgehead atoms. The molecule has 0 aromatic heterocycles. The molecule has 0 spiro atoms. The molecule has 12 heteroatoms. The minimum atomic E-state index is -4.85.